The molecule has 2 aromatic rings. The topological polar surface area (TPSA) is 6.48 Å². The van der Waals surface area contributed by atoms with Gasteiger partial charge in [-0.15, -0.1) is 0 Å². The lowest BCUT2D eigenvalue weighted by molar-refractivity contribution is 0.343. The molecule has 0 unspecified atom stereocenters. The molecule has 2 aromatic carbocycles. The Balaban J connectivity index is 2.05. The summed E-state index contributed by atoms with van der Waals surface area (Å²) in [6, 6.07) is 14.6. The van der Waals surface area contributed by atoms with Gasteiger partial charge < -0.3 is 9.80 Å². The summed E-state index contributed by atoms with van der Waals surface area (Å²) in [6.07, 6.45) is 0. The van der Waals surface area contributed by atoms with Gasteiger partial charge in [0.15, 0.2) is 0 Å². The Morgan fingerprint density at radius 2 is 1.80 bits per heavy atom. The standard InChI is InChI=1S/C16H16BrClN2/c1-19-8-9-20(15-5-3-14(18)4-6-15)16-7-2-13(17)10-12(16)11-19/h2-7,10H,8-9,11H2,1H3. The number of halogens is 2. The molecule has 0 bridgehead atoms. The van der Waals surface area contributed by atoms with E-state index in [0.717, 1.165) is 29.1 Å². The van der Waals surface area contributed by atoms with Crippen molar-refractivity contribution in [1.29, 1.82) is 0 Å². The summed E-state index contributed by atoms with van der Waals surface area (Å²) in [4.78, 5) is 4.71. The number of anilines is 2. The van der Waals surface area contributed by atoms with Crippen LogP contribution in [0.15, 0.2) is 46.9 Å². The van der Waals surface area contributed by atoms with Gasteiger partial charge in [-0.3, -0.25) is 0 Å². The van der Waals surface area contributed by atoms with E-state index < -0.39 is 0 Å². The monoisotopic (exact) mass is 350 g/mol. The Hall–Kier alpha value is -1.03. The molecule has 1 heterocycles. The average molecular weight is 352 g/mol. The Morgan fingerprint density at radius 3 is 2.55 bits per heavy atom. The van der Waals surface area contributed by atoms with Crippen molar-refractivity contribution >= 4 is 38.9 Å². The molecule has 0 saturated carbocycles. The molecule has 20 heavy (non-hydrogen) atoms. The van der Waals surface area contributed by atoms with Crippen LogP contribution in [0.1, 0.15) is 5.56 Å². The van der Waals surface area contributed by atoms with Crippen molar-refractivity contribution in [2.45, 2.75) is 6.54 Å². The molecule has 0 fully saturated rings. The van der Waals surface area contributed by atoms with Crippen molar-refractivity contribution in [2.24, 2.45) is 0 Å². The molecule has 0 radical (unpaired) electrons. The molecule has 0 aromatic heterocycles. The molecule has 0 N–H and O–H groups in total. The smallest absolute Gasteiger partial charge is 0.0457 e. The Labute approximate surface area is 133 Å². The summed E-state index contributed by atoms with van der Waals surface area (Å²) >= 11 is 9.56. The van der Waals surface area contributed by atoms with Gasteiger partial charge in [0.25, 0.3) is 0 Å². The van der Waals surface area contributed by atoms with E-state index in [2.05, 4.69) is 63.1 Å². The molecule has 4 heteroatoms. The zero-order valence-corrected chi connectivity index (χ0v) is 13.7. The molecule has 0 atom stereocenters. The minimum atomic E-state index is 0.775. The van der Waals surface area contributed by atoms with Crippen LogP contribution in [0.3, 0.4) is 0 Å². The van der Waals surface area contributed by atoms with E-state index in [0.29, 0.717) is 0 Å². The van der Waals surface area contributed by atoms with E-state index in [1.54, 1.807) is 0 Å². The first kappa shape index (κ1) is 13.9. The molecule has 0 aliphatic carbocycles. The summed E-state index contributed by atoms with van der Waals surface area (Å²) in [7, 11) is 2.16. The zero-order chi connectivity index (χ0) is 14.1. The molecule has 3 rings (SSSR count). The fourth-order valence-electron chi connectivity index (χ4n) is 2.59. The summed E-state index contributed by atoms with van der Waals surface area (Å²) in [5, 5.41) is 0.775. The van der Waals surface area contributed by atoms with Gasteiger partial charge in [0, 0.05) is 40.5 Å². The van der Waals surface area contributed by atoms with Crippen LogP contribution in [0.25, 0.3) is 0 Å². The lowest BCUT2D eigenvalue weighted by Crippen LogP contribution is -2.26. The van der Waals surface area contributed by atoms with E-state index in [-0.39, 0.29) is 0 Å². The van der Waals surface area contributed by atoms with Crippen LogP contribution in [0.4, 0.5) is 11.4 Å². The van der Waals surface area contributed by atoms with Crippen LogP contribution >= 0.6 is 27.5 Å². The number of hydrogen-bond donors (Lipinski definition) is 0. The average Bonchev–Trinajstić information content (AvgIpc) is 2.58. The molecule has 0 spiro atoms. The summed E-state index contributed by atoms with van der Waals surface area (Å²) in [5.74, 6) is 0. The van der Waals surface area contributed by atoms with Gasteiger partial charge in [0.1, 0.15) is 0 Å². The summed E-state index contributed by atoms with van der Waals surface area (Å²) < 4.78 is 1.13. The zero-order valence-electron chi connectivity index (χ0n) is 11.3. The van der Waals surface area contributed by atoms with Gasteiger partial charge in [-0.05, 0) is 55.1 Å². The number of nitrogens with zero attached hydrogens (tertiary/aromatic N) is 2. The molecule has 0 saturated heterocycles. The SMILES string of the molecule is CN1CCN(c2ccc(Cl)cc2)c2ccc(Br)cc2C1. The van der Waals surface area contributed by atoms with Crippen molar-refractivity contribution in [1.82, 2.24) is 4.90 Å². The van der Waals surface area contributed by atoms with Crippen molar-refractivity contribution in [3.05, 3.63) is 57.5 Å². The molecule has 2 nitrogen and oxygen atoms in total. The first-order valence-electron chi connectivity index (χ1n) is 6.63. The van der Waals surface area contributed by atoms with Gasteiger partial charge in [0.2, 0.25) is 0 Å². The van der Waals surface area contributed by atoms with Crippen molar-refractivity contribution in [2.75, 3.05) is 25.0 Å². The maximum absolute atomic E-state index is 5.99. The van der Waals surface area contributed by atoms with E-state index >= 15 is 0 Å². The first-order chi connectivity index (χ1) is 9.63. The normalized spacial score (nSPS) is 15.8. The minimum absolute atomic E-state index is 0.775. The fraction of sp³-hybridized carbons (Fsp3) is 0.250. The second kappa shape index (κ2) is 5.76. The highest BCUT2D eigenvalue weighted by Gasteiger charge is 2.19. The Morgan fingerprint density at radius 1 is 1.05 bits per heavy atom. The lowest BCUT2D eigenvalue weighted by atomic mass is 10.1. The van der Waals surface area contributed by atoms with Crippen LogP contribution in [-0.4, -0.2) is 25.0 Å². The maximum atomic E-state index is 5.99. The Bertz CT molecular complexity index is 612. The number of likely N-dealkylation sites (N-methyl/N-ethyl adjacent to an activating group) is 1. The highest BCUT2D eigenvalue weighted by atomic mass is 79.9. The van der Waals surface area contributed by atoms with Crippen LogP contribution < -0.4 is 4.90 Å². The van der Waals surface area contributed by atoms with E-state index in [9.17, 15) is 0 Å². The number of rotatable bonds is 1. The van der Waals surface area contributed by atoms with Gasteiger partial charge in [-0.2, -0.15) is 0 Å². The van der Waals surface area contributed by atoms with Crippen molar-refractivity contribution in [3.63, 3.8) is 0 Å². The quantitative estimate of drug-likeness (QED) is 0.735. The lowest BCUT2D eigenvalue weighted by Gasteiger charge is -2.25. The van der Waals surface area contributed by atoms with E-state index in [4.69, 9.17) is 11.6 Å². The highest BCUT2D eigenvalue weighted by Crippen LogP contribution is 2.33. The van der Waals surface area contributed by atoms with Gasteiger partial charge in [-0.25, -0.2) is 0 Å². The largest absolute Gasteiger partial charge is 0.340 e. The Kier molecular flexibility index (Phi) is 4.01. The van der Waals surface area contributed by atoms with E-state index in [1.165, 1.54) is 16.9 Å². The van der Waals surface area contributed by atoms with Gasteiger partial charge in [-0.1, -0.05) is 27.5 Å². The minimum Gasteiger partial charge on any atom is -0.340 e. The predicted octanol–water partition coefficient (Wildman–Crippen LogP) is 4.69. The van der Waals surface area contributed by atoms with Crippen LogP contribution in [0, 0.1) is 0 Å². The third-order valence-corrected chi connectivity index (χ3v) is 4.36. The predicted molar refractivity (Wildman–Crippen MR) is 88.9 cm³/mol. The second-order valence-electron chi connectivity index (χ2n) is 5.14. The first-order valence-corrected chi connectivity index (χ1v) is 7.80. The third-order valence-electron chi connectivity index (χ3n) is 3.62. The molecule has 1 aliphatic rings. The number of fused-ring (bicyclic) bond motifs is 1. The second-order valence-corrected chi connectivity index (χ2v) is 6.49. The fourth-order valence-corrected chi connectivity index (χ4v) is 3.13. The molecule has 1 aliphatic heterocycles. The van der Waals surface area contributed by atoms with Crippen molar-refractivity contribution in [3.8, 4) is 0 Å². The van der Waals surface area contributed by atoms with Crippen molar-refractivity contribution < 1.29 is 0 Å². The van der Waals surface area contributed by atoms with Crippen LogP contribution in [-0.2, 0) is 6.54 Å². The number of benzene rings is 2. The highest BCUT2D eigenvalue weighted by molar-refractivity contribution is 9.10. The van der Waals surface area contributed by atoms with E-state index in [1.807, 2.05) is 12.1 Å². The summed E-state index contributed by atoms with van der Waals surface area (Å²) in [5.41, 5.74) is 3.81. The van der Waals surface area contributed by atoms with Gasteiger partial charge >= 0.3 is 0 Å². The molecule has 104 valence electrons. The van der Waals surface area contributed by atoms with Gasteiger partial charge in [0.05, 0.1) is 0 Å². The molecular formula is C16H16BrClN2. The maximum Gasteiger partial charge on any atom is 0.0457 e. The number of hydrogen-bond acceptors (Lipinski definition) is 2. The molecule has 0 amide bonds. The summed E-state index contributed by atoms with van der Waals surface area (Å²) in [6.45, 7) is 2.99. The third kappa shape index (κ3) is 2.85. The van der Waals surface area contributed by atoms with Crippen LogP contribution in [0.5, 0.6) is 0 Å². The molecular weight excluding hydrogens is 336 g/mol. The van der Waals surface area contributed by atoms with Crippen LogP contribution in [0.2, 0.25) is 5.02 Å².